The van der Waals surface area contributed by atoms with Crippen molar-refractivity contribution in [1.82, 2.24) is 14.5 Å². The topological polar surface area (TPSA) is 50.7 Å². The molecule has 0 bridgehead atoms. The van der Waals surface area contributed by atoms with Crippen molar-refractivity contribution >= 4 is 16.8 Å². The van der Waals surface area contributed by atoms with Gasteiger partial charge in [-0.05, 0) is 54.1 Å². The molecule has 0 amide bonds. The fourth-order valence-electron chi connectivity index (χ4n) is 3.51. The zero-order chi connectivity index (χ0) is 19.6. The van der Waals surface area contributed by atoms with E-state index in [0.29, 0.717) is 6.42 Å². The third-order valence-corrected chi connectivity index (χ3v) is 5.05. The number of carbonyl (C=O) groups is 1. The van der Waals surface area contributed by atoms with Gasteiger partial charge in [0.25, 0.3) is 0 Å². The highest BCUT2D eigenvalue weighted by Gasteiger charge is 2.10. The molecule has 0 aliphatic carbocycles. The molecular formula is C25H19N3O. The maximum absolute atomic E-state index is 12.7. The monoisotopic (exact) mass is 377 g/mol. The largest absolute Gasteiger partial charge is 0.338 e. The molecule has 4 heteroatoms. The van der Waals surface area contributed by atoms with Crippen LogP contribution in [0.5, 0.6) is 0 Å². The Balaban J connectivity index is 1.36. The lowest BCUT2D eigenvalue weighted by atomic mass is 10.0. The maximum Gasteiger partial charge on any atom is 0.167 e. The van der Waals surface area contributed by atoms with Gasteiger partial charge in [-0.25, -0.2) is 4.98 Å². The molecule has 0 aliphatic rings. The first-order chi connectivity index (χ1) is 14.3. The molecule has 0 radical (unpaired) electrons. The van der Waals surface area contributed by atoms with Gasteiger partial charge in [-0.15, -0.1) is 0 Å². The minimum atomic E-state index is 0.103. The molecule has 0 saturated heterocycles. The van der Waals surface area contributed by atoms with E-state index >= 15 is 0 Å². The standard InChI is InChI=1S/C25H19N3O/c29-24(19-9-11-21(12-10-19)28-14-4-5-15-28)17-18-8-13-22-23(16-18)27-25(26-22)20-6-2-1-3-7-20/h1-16H,17H2,(H,26,27). The second kappa shape index (κ2) is 7.24. The molecule has 5 rings (SSSR count). The van der Waals surface area contributed by atoms with Gasteiger partial charge in [0.15, 0.2) is 5.78 Å². The van der Waals surface area contributed by atoms with E-state index in [1.54, 1.807) is 0 Å². The molecular weight excluding hydrogens is 358 g/mol. The van der Waals surface area contributed by atoms with E-state index in [0.717, 1.165) is 39.2 Å². The molecule has 1 N–H and O–H groups in total. The quantitative estimate of drug-likeness (QED) is 0.414. The summed E-state index contributed by atoms with van der Waals surface area (Å²) >= 11 is 0. The number of hydrogen-bond donors (Lipinski definition) is 1. The van der Waals surface area contributed by atoms with Crippen LogP contribution in [0.1, 0.15) is 15.9 Å². The molecule has 0 fully saturated rings. The summed E-state index contributed by atoms with van der Waals surface area (Å²) in [5, 5.41) is 0. The molecule has 3 aromatic carbocycles. The average Bonchev–Trinajstić information content (AvgIpc) is 3.44. The van der Waals surface area contributed by atoms with Gasteiger partial charge in [0.05, 0.1) is 11.0 Å². The highest BCUT2D eigenvalue weighted by Crippen LogP contribution is 2.22. The molecule has 2 aromatic heterocycles. The third-order valence-electron chi connectivity index (χ3n) is 5.05. The Labute approximate surface area is 168 Å². The lowest BCUT2D eigenvalue weighted by molar-refractivity contribution is 0.0993. The Morgan fingerprint density at radius 1 is 0.862 bits per heavy atom. The van der Waals surface area contributed by atoms with Crippen LogP contribution in [-0.4, -0.2) is 20.3 Å². The molecule has 29 heavy (non-hydrogen) atoms. The van der Waals surface area contributed by atoms with E-state index in [2.05, 4.69) is 9.97 Å². The Kier molecular flexibility index (Phi) is 4.30. The number of H-pyrrole nitrogens is 1. The molecule has 0 unspecified atom stereocenters. The zero-order valence-electron chi connectivity index (χ0n) is 15.7. The van der Waals surface area contributed by atoms with Gasteiger partial charge in [-0.3, -0.25) is 4.79 Å². The Hall–Kier alpha value is -3.92. The van der Waals surface area contributed by atoms with E-state index < -0.39 is 0 Å². The summed E-state index contributed by atoms with van der Waals surface area (Å²) in [4.78, 5) is 20.8. The second-order valence-electron chi connectivity index (χ2n) is 7.04. The van der Waals surface area contributed by atoms with E-state index in [9.17, 15) is 4.79 Å². The number of rotatable bonds is 5. The summed E-state index contributed by atoms with van der Waals surface area (Å²) in [6, 6.07) is 27.7. The number of Topliss-reactive ketones (excluding diaryl/α,β-unsaturated/α-hetero) is 1. The normalized spacial score (nSPS) is 11.0. The van der Waals surface area contributed by atoms with Gasteiger partial charge in [0.2, 0.25) is 0 Å². The predicted molar refractivity (Wildman–Crippen MR) is 115 cm³/mol. The Bertz CT molecular complexity index is 1270. The van der Waals surface area contributed by atoms with Crippen LogP contribution in [0, 0.1) is 0 Å². The number of aromatic nitrogens is 3. The first-order valence-corrected chi connectivity index (χ1v) is 9.57. The van der Waals surface area contributed by atoms with Crippen LogP contribution in [0.3, 0.4) is 0 Å². The van der Waals surface area contributed by atoms with Crippen molar-refractivity contribution in [3.63, 3.8) is 0 Å². The van der Waals surface area contributed by atoms with Crippen molar-refractivity contribution in [2.45, 2.75) is 6.42 Å². The van der Waals surface area contributed by atoms with Crippen molar-refractivity contribution < 1.29 is 4.79 Å². The van der Waals surface area contributed by atoms with Gasteiger partial charge in [0, 0.05) is 35.6 Å². The lowest BCUT2D eigenvalue weighted by Gasteiger charge is -2.05. The molecule has 5 aromatic rings. The second-order valence-corrected chi connectivity index (χ2v) is 7.04. The number of hydrogen-bond acceptors (Lipinski definition) is 2. The highest BCUT2D eigenvalue weighted by molar-refractivity contribution is 5.98. The van der Waals surface area contributed by atoms with Crippen molar-refractivity contribution in [2.24, 2.45) is 0 Å². The summed E-state index contributed by atoms with van der Waals surface area (Å²) in [6.45, 7) is 0. The number of nitrogens with zero attached hydrogens (tertiary/aromatic N) is 2. The van der Waals surface area contributed by atoms with E-state index in [4.69, 9.17) is 0 Å². The summed E-state index contributed by atoms with van der Waals surface area (Å²) in [6.07, 6.45) is 4.33. The maximum atomic E-state index is 12.7. The minimum Gasteiger partial charge on any atom is -0.338 e. The van der Waals surface area contributed by atoms with Crippen molar-refractivity contribution in [2.75, 3.05) is 0 Å². The number of imidazole rings is 1. The van der Waals surface area contributed by atoms with E-state index in [1.165, 1.54) is 0 Å². The number of aromatic amines is 1. The molecule has 0 atom stereocenters. The van der Waals surface area contributed by atoms with Crippen LogP contribution >= 0.6 is 0 Å². The molecule has 4 nitrogen and oxygen atoms in total. The smallest absolute Gasteiger partial charge is 0.167 e. The molecule has 0 spiro atoms. The van der Waals surface area contributed by atoms with Crippen LogP contribution in [0.15, 0.2) is 97.3 Å². The molecule has 2 heterocycles. The zero-order valence-corrected chi connectivity index (χ0v) is 15.7. The summed E-state index contributed by atoms with van der Waals surface area (Å²) in [5.74, 6) is 0.941. The lowest BCUT2D eigenvalue weighted by Crippen LogP contribution is -2.04. The van der Waals surface area contributed by atoms with Crippen molar-refractivity contribution in [3.05, 3.63) is 108 Å². The van der Waals surface area contributed by atoms with Crippen LogP contribution in [0.2, 0.25) is 0 Å². The number of nitrogens with one attached hydrogen (secondary N) is 1. The van der Waals surface area contributed by atoms with E-state index in [1.807, 2.05) is 102 Å². The number of benzene rings is 3. The summed E-state index contributed by atoms with van der Waals surface area (Å²) in [5.41, 5.74) is 5.62. The van der Waals surface area contributed by atoms with Crippen LogP contribution < -0.4 is 0 Å². The minimum absolute atomic E-state index is 0.103. The Morgan fingerprint density at radius 3 is 2.38 bits per heavy atom. The van der Waals surface area contributed by atoms with Crippen molar-refractivity contribution in [3.8, 4) is 17.1 Å². The van der Waals surface area contributed by atoms with Gasteiger partial charge in [-0.1, -0.05) is 36.4 Å². The molecule has 140 valence electrons. The van der Waals surface area contributed by atoms with E-state index in [-0.39, 0.29) is 5.78 Å². The first kappa shape index (κ1) is 17.2. The summed E-state index contributed by atoms with van der Waals surface area (Å²) < 4.78 is 2.02. The van der Waals surface area contributed by atoms with Crippen LogP contribution in [0.4, 0.5) is 0 Å². The van der Waals surface area contributed by atoms with Crippen LogP contribution in [-0.2, 0) is 6.42 Å². The average molecular weight is 377 g/mol. The predicted octanol–water partition coefficient (Wildman–Crippen LogP) is 5.45. The molecule has 0 aliphatic heterocycles. The Morgan fingerprint density at radius 2 is 1.62 bits per heavy atom. The molecule has 0 saturated carbocycles. The number of fused-ring (bicyclic) bond motifs is 1. The highest BCUT2D eigenvalue weighted by atomic mass is 16.1. The van der Waals surface area contributed by atoms with Crippen LogP contribution in [0.25, 0.3) is 28.1 Å². The van der Waals surface area contributed by atoms with Crippen molar-refractivity contribution in [1.29, 1.82) is 0 Å². The summed E-state index contributed by atoms with van der Waals surface area (Å²) in [7, 11) is 0. The fourth-order valence-corrected chi connectivity index (χ4v) is 3.51. The third kappa shape index (κ3) is 3.48. The fraction of sp³-hybridized carbons (Fsp3) is 0.0400. The van der Waals surface area contributed by atoms with Gasteiger partial charge >= 0.3 is 0 Å². The van der Waals surface area contributed by atoms with Gasteiger partial charge < -0.3 is 9.55 Å². The number of ketones is 1. The number of carbonyl (C=O) groups excluding carboxylic acids is 1. The van der Waals surface area contributed by atoms with Gasteiger partial charge in [-0.2, -0.15) is 0 Å². The SMILES string of the molecule is O=C(Cc1ccc2nc(-c3ccccc3)[nH]c2c1)c1ccc(-n2cccc2)cc1. The first-order valence-electron chi connectivity index (χ1n) is 9.57. The van der Waals surface area contributed by atoms with Gasteiger partial charge in [0.1, 0.15) is 5.82 Å².